The first-order chi connectivity index (χ1) is 10.2. The van der Waals surface area contributed by atoms with Crippen LogP contribution >= 0.6 is 0 Å². The largest absolute Gasteiger partial charge is 0.493 e. The third-order valence-electron chi connectivity index (χ3n) is 4.01. The number of rotatable bonds is 3. The monoisotopic (exact) mass is 287 g/mol. The van der Waals surface area contributed by atoms with Crippen molar-refractivity contribution in [2.45, 2.75) is 19.3 Å². The fourth-order valence-electron chi connectivity index (χ4n) is 2.85. The lowest BCUT2D eigenvalue weighted by atomic mass is 10.1. The number of hydrogen-bond donors (Lipinski definition) is 1. The molecule has 0 bridgehead atoms. The van der Waals surface area contributed by atoms with Crippen molar-refractivity contribution in [1.29, 1.82) is 0 Å². The normalized spacial score (nSPS) is 15.2. The van der Waals surface area contributed by atoms with Gasteiger partial charge < -0.3 is 20.1 Å². The average molecular weight is 287 g/mol. The highest BCUT2D eigenvalue weighted by Crippen LogP contribution is 2.35. The summed E-state index contributed by atoms with van der Waals surface area (Å²) in [5, 5.41) is 0.897. The molecule has 5 heteroatoms. The molecule has 1 aliphatic rings. The van der Waals surface area contributed by atoms with E-state index < -0.39 is 0 Å². The number of nitrogen functional groups attached to an aromatic ring is 1. The molecule has 1 aromatic heterocycles. The van der Waals surface area contributed by atoms with Gasteiger partial charge in [-0.3, -0.25) is 0 Å². The number of fused-ring (bicyclic) bond motifs is 1. The second-order valence-electron chi connectivity index (χ2n) is 5.34. The number of methoxy groups -OCH3 is 2. The smallest absolute Gasteiger partial charge is 0.162 e. The quantitative estimate of drug-likeness (QED) is 0.940. The predicted molar refractivity (Wildman–Crippen MR) is 85.3 cm³/mol. The van der Waals surface area contributed by atoms with Crippen molar-refractivity contribution in [3.05, 3.63) is 18.2 Å². The maximum Gasteiger partial charge on any atom is 0.162 e. The number of ether oxygens (including phenoxy) is 2. The van der Waals surface area contributed by atoms with Crippen molar-refractivity contribution in [3.63, 3.8) is 0 Å². The van der Waals surface area contributed by atoms with Crippen molar-refractivity contribution >= 4 is 22.4 Å². The minimum atomic E-state index is 0.671. The Morgan fingerprint density at radius 2 is 1.67 bits per heavy atom. The zero-order valence-corrected chi connectivity index (χ0v) is 12.6. The zero-order valence-electron chi connectivity index (χ0n) is 12.6. The van der Waals surface area contributed by atoms with Gasteiger partial charge in [-0.15, -0.1) is 0 Å². The molecule has 1 fully saturated rings. The Labute approximate surface area is 124 Å². The molecule has 1 aromatic carbocycles. The van der Waals surface area contributed by atoms with E-state index in [-0.39, 0.29) is 0 Å². The molecular formula is C16H21N3O2. The van der Waals surface area contributed by atoms with E-state index in [1.807, 2.05) is 18.2 Å². The molecule has 112 valence electrons. The van der Waals surface area contributed by atoms with Gasteiger partial charge in [0.2, 0.25) is 0 Å². The Kier molecular flexibility index (Phi) is 3.73. The number of piperidine rings is 1. The maximum atomic E-state index is 6.22. The lowest BCUT2D eigenvalue weighted by Gasteiger charge is -2.28. The van der Waals surface area contributed by atoms with E-state index in [9.17, 15) is 0 Å². The number of anilines is 2. The lowest BCUT2D eigenvalue weighted by Crippen LogP contribution is -2.30. The van der Waals surface area contributed by atoms with Crippen LogP contribution in [0.3, 0.4) is 0 Å². The van der Waals surface area contributed by atoms with E-state index in [0.29, 0.717) is 11.5 Å². The molecule has 1 saturated heterocycles. The molecule has 2 heterocycles. The molecule has 1 aliphatic heterocycles. The molecule has 0 amide bonds. The molecule has 0 radical (unpaired) electrons. The Morgan fingerprint density at radius 1 is 1.00 bits per heavy atom. The molecular weight excluding hydrogens is 266 g/mol. The molecule has 21 heavy (non-hydrogen) atoms. The summed E-state index contributed by atoms with van der Waals surface area (Å²) in [6.07, 6.45) is 3.72. The van der Waals surface area contributed by atoms with Gasteiger partial charge in [-0.25, -0.2) is 4.98 Å². The summed E-state index contributed by atoms with van der Waals surface area (Å²) in [4.78, 5) is 7.06. The van der Waals surface area contributed by atoms with Gasteiger partial charge in [0, 0.05) is 36.3 Å². The van der Waals surface area contributed by atoms with Crippen LogP contribution < -0.4 is 20.1 Å². The minimum absolute atomic E-state index is 0.671. The summed E-state index contributed by atoms with van der Waals surface area (Å²) in [6.45, 7) is 2.09. The fraction of sp³-hybridized carbons (Fsp3) is 0.438. The first-order valence-corrected chi connectivity index (χ1v) is 7.30. The standard InChI is InChI=1S/C16H21N3O2/c1-20-14-8-11-12(17)9-16(19-6-4-3-5-7-19)18-13(11)10-15(14)21-2/h8-10H,3-7H2,1-2H3,(H2,17,18). The molecule has 2 aromatic rings. The number of hydrogen-bond acceptors (Lipinski definition) is 5. The molecule has 5 nitrogen and oxygen atoms in total. The van der Waals surface area contributed by atoms with Gasteiger partial charge in [-0.05, 0) is 25.3 Å². The molecule has 0 atom stereocenters. The van der Waals surface area contributed by atoms with Gasteiger partial charge in [0.05, 0.1) is 19.7 Å². The third kappa shape index (κ3) is 2.55. The molecule has 0 spiro atoms. The fourth-order valence-corrected chi connectivity index (χ4v) is 2.85. The van der Waals surface area contributed by atoms with Crippen LogP contribution in [0.5, 0.6) is 11.5 Å². The first kappa shape index (κ1) is 13.8. The Morgan fingerprint density at radius 3 is 2.33 bits per heavy atom. The van der Waals surface area contributed by atoms with Crippen LogP contribution in [0.25, 0.3) is 10.9 Å². The van der Waals surface area contributed by atoms with Gasteiger partial charge in [0.1, 0.15) is 5.82 Å². The minimum Gasteiger partial charge on any atom is -0.493 e. The van der Waals surface area contributed by atoms with Gasteiger partial charge in [-0.1, -0.05) is 0 Å². The zero-order chi connectivity index (χ0) is 14.8. The molecule has 0 unspecified atom stereocenters. The second kappa shape index (κ2) is 5.68. The van der Waals surface area contributed by atoms with Crippen molar-refractivity contribution in [3.8, 4) is 11.5 Å². The van der Waals surface area contributed by atoms with Crippen molar-refractivity contribution in [1.82, 2.24) is 4.98 Å². The summed E-state index contributed by atoms with van der Waals surface area (Å²) in [5.74, 6) is 2.30. The number of benzene rings is 1. The van der Waals surface area contributed by atoms with E-state index in [2.05, 4.69) is 4.90 Å². The van der Waals surface area contributed by atoms with Crippen molar-refractivity contribution in [2.75, 3.05) is 37.9 Å². The summed E-state index contributed by atoms with van der Waals surface area (Å²) in [6, 6.07) is 5.73. The predicted octanol–water partition coefficient (Wildman–Crippen LogP) is 2.82. The number of aromatic nitrogens is 1. The molecule has 2 N–H and O–H groups in total. The Balaban J connectivity index is 2.09. The van der Waals surface area contributed by atoms with Crippen LogP contribution in [-0.4, -0.2) is 32.3 Å². The van der Waals surface area contributed by atoms with E-state index in [4.69, 9.17) is 20.2 Å². The maximum absolute atomic E-state index is 6.22. The van der Waals surface area contributed by atoms with Crippen LogP contribution in [-0.2, 0) is 0 Å². The highest BCUT2D eigenvalue weighted by Gasteiger charge is 2.15. The molecule has 3 rings (SSSR count). The number of nitrogens with zero attached hydrogens (tertiary/aromatic N) is 2. The van der Waals surface area contributed by atoms with E-state index in [1.165, 1.54) is 19.3 Å². The van der Waals surface area contributed by atoms with Crippen LogP contribution in [0.4, 0.5) is 11.5 Å². The second-order valence-corrected chi connectivity index (χ2v) is 5.34. The summed E-state index contributed by atoms with van der Waals surface area (Å²) >= 11 is 0. The van der Waals surface area contributed by atoms with Crippen LogP contribution in [0.2, 0.25) is 0 Å². The number of pyridine rings is 1. The average Bonchev–Trinajstić information content (AvgIpc) is 2.54. The van der Waals surface area contributed by atoms with Crippen molar-refractivity contribution < 1.29 is 9.47 Å². The first-order valence-electron chi connectivity index (χ1n) is 7.30. The SMILES string of the molecule is COc1cc2nc(N3CCCCC3)cc(N)c2cc1OC. The van der Waals surface area contributed by atoms with Gasteiger partial charge in [-0.2, -0.15) is 0 Å². The van der Waals surface area contributed by atoms with E-state index in [0.717, 1.165) is 35.5 Å². The number of nitrogens with two attached hydrogens (primary N) is 1. The highest BCUT2D eigenvalue weighted by atomic mass is 16.5. The van der Waals surface area contributed by atoms with Crippen molar-refractivity contribution in [2.24, 2.45) is 0 Å². The topological polar surface area (TPSA) is 60.6 Å². The third-order valence-corrected chi connectivity index (χ3v) is 4.01. The molecule has 0 aliphatic carbocycles. The highest BCUT2D eigenvalue weighted by molar-refractivity contribution is 5.94. The van der Waals surface area contributed by atoms with Crippen LogP contribution in [0.15, 0.2) is 18.2 Å². The van der Waals surface area contributed by atoms with Gasteiger partial charge in [0.15, 0.2) is 11.5 Å². The Bertz CT molecular complexity index is 652. The lowest BCUT2D eigenvalue weighted by molar-refractivity contribution is 0.356. The van der Waals surface area contributed by atoms with E-state index >= 15 is 0 Å². The Hall–Kier alpha value is -2.17. The van der Waals surface area contributed by atoms with E-state index in [1.54, 1.807) is 14.2 Å². The summed E-state index contributed by atoms with van der Waals surface area (Å²) in [7, 11) is 3.25. The molecule has 0 saturated carbocycles. The van der Waals surface area contributed by atoms with Crippen LogP contribution in [0.1, 0.15) is 19.3 Å². The van der Waals surface area contributed by atoms with Gasteiger partial charge in [0.25, 0.3) is 0 Å². The van der Waals surface area contributed by atoms with Gasteiger partial charge >= 0.3 is 0 Å². The summed E-state index contributed by atoms with van der Waals surface area (Å²) in [5.41, 5.74) is 7.78. The summed E-state index contributed by atoms with van der Waals surface area (Å²) < 4.78 is 10.7. The van der Waals surface area contributed by atoms with Crippen LogP contribution in [0, 0.1) is 0 Å².